The molecule has 0 spiro atoms. The number of amides is 1. The Bertz CT molecular complexity index is 1000. The van der Waals surface area contributed by atoms with E-state index in [2.05, 4.69) is 15.5 Å². The summed E-state index contributed by atoms with van der Waals surface area (Å²) in [5, 5.41) is 11.5. The van der Waals surface area contributed by atoms with Crippen LogP contribution in [0.25, 0.3) is 0 Å². The van der Waals surface area contributed by atoms with Crippen molar-refractivity contribution in [2.45, 2.75) is 37.8 Å². The number of carbonyl (C=O) groups excluding carboxylic acids is 1. The minimum absolute atomic E-state index is 0.179. The maximum absolute atomic E-state index is 12.4. The van der Waals surface area contributed by atoms with Gasteiger partial charge in [-0.25, -0.2) is 4.68 Å². The number of thioether (sulfide) groups is 1. The van der Waals surface area contributed by atoms with Gasteiger partial charge in [0.05, 0.1) is 5.25 Å². The summed E-state index contributed by atoms with van der Waals surface area (Å²) in [5.41, 5.74) is 2.70. The fourth-order valence-electron chi connectivity index (χ4n) is 2.67. The molecule has 1 amide bonds. The van der Waals surface area contributed by atoms with Crippen LogP contribution in [0.2, 0.25) is 5.02 Å². The van der Waals surface area contributed by atoms with Crippen molar-refractivity contribution in [1.29, 1.82) is 0 Å². The van der Waals surface area contributed by atoms with Gasteiger partial charge in [-0.3, -0.25) is 4.79 Å². The third kappa shape index (κ3) is 5.21. The Morgan fingerprint density at radius 2 is 1.93 bits per heavy atom. The Kier molecular flexibility index (Phi) is 6.66. The highest BCUT2D eigenvalue weighted by atomic mass is 35.5. The first-order valence-corrected chi connectivity index (χ1v) is 10.2. The van der Waals surface area contributed by atoms with Crippen LogP contribution in [0.5, 0.6) is 5.75 Å². The summed E-state index contributed by atoms with van der Waals surface area (Å²) >= 11 is 7.16. The van der Waals surface area contributed by atoms with Crippen LogP contribution in [0.4, 0.5) is 5.69 Å². The van der Waals surface area contributed by atoms with Gasteiger partial charge in [0.25, 0.3) is 0 Å². The van der Waals surface area contributed by atoms with Crippen LogP contribution < -0.4 is 15.9 Å². The molecule has 1 unspecified atom stereocenters. The zero-order valence-electron chi connectivity index (χ0n) is 16.3. The predicted octanol–water partition coefficient (Wildman–Crippen LogP) is 3.96. The van der Waals surface area contributed by atoms with Crippen LogP contribution in [0.1, 0.15) is 23.9 Å². The minimum Gasteiger partial charge on any atom is -0.485 e. The number of rotatable bonds is 7. The summed E-state index contributed by atoms with van der Waals surface area (Å²) in [5.74, 6) is 7.19. The largest absolute Gasteiger partial charge is 0.485 e. The number of para-hydroxylation sites is 1. The number of aromatic nitrogens is 3. The number of nitrogen functional groups attached to an aromatic ring is 1. The van der Waals surface area contributed by atoms with E-state index in [0.29, 0.717) is 21.7 Å². The lowest BCUT2D eigenvalue weighted by molar-refractivity contribution is -0.115. The van der Waals surface area contributed by atoms with Gasteiger partial charge in [0.2, 0.25) is 11.1 Å². The van der Waals surface area contributed by atoms with Crippen LogP contribution in [0, 0.1) is 13.8 Å². The van der Waals surface area contributed by atoms with E-state index in [1.165, 1.54) is 16.4 Å². The first-order chi connectivity index (χ1) is 13.8. The number of halogens is 1. The number of anilines is 1. The third-order valence-corrected chi connectivity index (χ3v) is 5.52. The molecule has 1 atom stereocenters. The highest BCUT2D eigenvalue weighted by Gasteiger charge is 2.20. The average molecular weight is 432 g/mol. The Labute approximate surface area is 178 Å². The SMILES string of the molecule is Cc1cccc(C)c1OCc1nnc(SC(C)C(=O)Nc2cccc(Cl)c2)n1N. The van der Waals surface area contributed by atoms with E-state index in [1.54, 1.807) is 31.2 Å². The highest BCUT2D eigenvalue weighted by Crippen LogP contribution is 2.25. The molecule has 3 aromatic rings. The van der Waals surface area contributed by atoms with E-state index in [1.807, 2.05) is 32.0 Å². The van der Waals surface area contributed by atoms with Crippen LogP contribution in [-0.4, -0.2) is 26.0 Å². The minimum atomic E-state index is -0.437. The van der Waals surface area contributed by atoms with Crippen LogP contribution in [-0.2, 0) is 11.4 Å². The summed E-state index contributed by atoms with van der Waals surface area (Å²) in [4.78, 5) is 12.4. The number of aryl methyl sites for hydroxylation is 2. The van der Waals surface area contributed by atoms with Gasteiger partial charge in [0.15, 0.2) is 5.82 Å². The summed E-state index contributed by atoms with van der Waals surface area (Å²) in [6.07, 6.45) is 0. The average Bonchev–Trinajstić information content (AvgIpc) is 3.01. The Hall–Kier alpha value is -2.71. The molecule has 0 aliphatic rings. The first kappa shape index (κ1) is 21.0. The maximum atomic E-state index is 12.4. The molecular weight excluding hydrogens is 410 g/mol. The fourth-order valence-corrected chi connectivity index (χ4v) is 3.65. The quantitative estimate of drug-likeness (QED) is 0.434. The van der Waals surface area contributed by atoms with E-state index in [0.717, 1.165) is 16.9 Å². The lowest BCUT2D eigenvalue weighted by Crippen LogP contribution is -2.24. The van der Waals surface area contributed by atoms with Gasteiger partial charge in [-0.2, -0.15) is 0 Å². The van der Waals surface area contributed by atoms with E-state index in [-0.39, 0.29) is 12.5 Å². The van der Waals surface area contributed by atoms with Gasteiger partial charge in [-0.05, 0) is 50.1 Å². The number of nitrogens with zero attached hydrogens (tertiary/aromatic N) is 3. The number of nitrogens with two attached hydrogens (primary N) is 1. The summed E-state index contributed by atoms with van der Waals surface area (Å²) in [6, 6.07) is 12.9. The lowest BCUT2D eigenvalue weighted by Gasteiger charge is -2.13. The molecule has 1 heterocycles. The first-order valence-electron chi connectivity index (χ1n) is 8.96. The van der Waals surface area contributed by atoms with E-state index >= 15 is 0 Å². The molecule has 29 heavy (non-hydrogen) atoms. The molecule has 3 rings (SSSR count). The molecule has 1 aromatic heterocycles. The van der Waals surface area contributed by atoms with Crippen molar-refractivity contribution in [3.05, 3.63) is 64.4 Å². The highest BCUT2D eigenvalue weighted by molar-refractivity contribution is 8.00. The Balaban J connectivity index is 1.62. The van der Waals surface area contributed by atoms with Crippen molar-refractivity contribution in [3.8, 4) is 5.75 Å². The fraction of sp³-hybridized carbons (Fsp3) is 0.250. The second kappa shape index (κ2) is 9.19. The normalized spacial score (nSPS) is 11.9. The molecule has 7 nitrogen and oxygen atoms in total. The van der Waals surface area contributed by atoms with Crippen LogP contribution in [0.3, 0.4) is 0 Å². The number of nitrogens with one attached hydrogen (secondary N) is 1. The van der Waals surface area contributed by atoms with Gasteiger partial charge in [-0.15, -0.1) is 10.2 Å². The number of hydrogen-bond donors (Lipinski definition) is 2. The molecule has 0 saturated carbocycles. The molecule has 0 fully saturated rings. The number of carbonyl (C=O) groups is 1. The maximum Gasteiger partial charge on any atom is 0.237 e. The zero-order chi connectivity index (χ0) is 21.0. The monoisotopic (exact) mass is 431 g/mol. The second-order valence-electron chi connectivity index (χ2n) is 6.54. The van der Waals surface area contributed by atoms with Crippen molar-refractivity contribution in [2.75, 3.05) is 11.2 Å². The molecule has 0 aliphatic heterocycles. The molecule has 0 saturated heterocycles. The number of hydrogen-bond acceptors (Lipinski definition) is 6. The molecule has 0 radical (unpaired) electrons. The third-order valence-electron chi connectivity index (χ3n) is 4.23. The van der Waals surface area contributed by atoms with Crippen molar-refractivity contribution < 1.29 is 9.53 Å². The number of benzene rings is 2. The summed E-state index contributed by atoms with van der Waals surface area (Å²) < 4.78 is 7.23. The van der Waals surface area contributed by atoms with E-state index in [9.17, 15) is 4.79 Å². The second-order valence-corrected chi connectivity index (χ2v) is 8.28. The molecule has 0 aliphatic carbocycles. The smallest absolute Gasteiger partial charge is 0.237 e. The molecule has 3 N–H and O–H groups in total. The van der Waals surface area contributed by atoms with Crippen LogP contribution >= 0.6 is 23.4 Å². The molecule has 152 valence electrons. The van der Waals surface area contributed by atoms with E-state index in [4.69, 9.17) is 22.2 Å². The van der Waals surface area contributed by atoms with Crippen molar-refractivity contribution in [1.82, 2.24) is 14.9 Å². The molecular formula is C20H22ClN5O2S. The Morgan fingerprint density at radius 3 is 2.62 bits per heavy atom. The predicted molar refractivity (Wildman–Crippen MR) is 116 cm³/mol. The molecule has 2 aromatic carbocycles. The standard InChI is InChI=1S/C20H22ClN5O2S/c1-12-6-4-7-13(2)18(12)28-11-17-24-25-20(26(17)22)29-14(3)19(27)23-16-9-5-8-15(21)10-16/h4-10,14H,11,22H2,1-3H3,(H,23,27). The number of ether oxygens (including phenoxy) is 1. The van der Waals surface area contributed by atoms with E-state index < -0.39 is 5.25 Å². The Morgan fingerprint density at radius 1 is 1.24 bits per heavy atom. The van der Waals surface area contributed by atoms with Crippen molar-refractivity contribution >= 4 is 35.0 Å². The summed E-state index contributed by atoms with van der Waals surface area (Å²) in [7, 11) is 0. The molecule has 0 bridgehead atoms. The molecule has 9 heteroatoms. The van der Waals surface area contributed by atoms with Gasteiger partial charge in [0.1, 0.15) is 12.4 Å². The zero-order valence-corrected chi connectivity index (χ0v) is 17.9. The van der Waals surface area contributed by atoms with Crippen LogP contribution in [0.15, 0.2) is 47.6 Å². The topological polar surface area (TPSA) is 95.1 Å². The summed E-state index contributed by atoms with van der Waals surface area (Å²) in [6.45, 7) is 5.92. The van der Waals surface area contributed by atoms with Gasteiger partial charge in [0, 0.05) is 10.7 Å². The lowest BCUT2D eigenvalue weighted by atomic mass is 10.1. The van der Waals surface area contributed by atoms with Crippen molar-refractivity contribution in [3.63, 3.8) is 0 Å². The van der Waals surface area contributed by atoms with Gasteiger partial charge < -0.3 is 15.9 Å². The van der Waals surface area contributed by atoms with Gasteiger partial charge >= 0.3 is 0 Å². The van der Waals surface area contributed by atoms with Gasteiger partial charge in [-0.1, -0.05) is 47.6 Å². The van der Waals surface area contributed by atoms with Crippen molar-refractivity contribution in [2.24, 2.45) is 0 Å².